The molecular formula is C16H14ClN3O2. The molecule has 0 bridgehead atoms. The number of nitrogens with zero attached hydrogens (tertiary/aromatic N) is 2. The van der Waals surface area contributed by atoms with Crippen molar-refractivity contribution in [1.29, 1.82) is 0 Å². The number of aliphatic hydroxyl groups is 1. The van der Waals surface area contributed by atoms with Crippen LogP contribution in [0.4, 0.5) is 0 Å². The van der Waals surface area contributed by atoms with E-state index >= 15 is 0 Å². The van der Waals surface area contributed by atoms with Crippen LogP contribution in [0, 0.1) is 0 Å². The lowest BCUT2D eigenvalue weighted by molar-refractivity contribution is 0.0962. The summed E-state index contributed by atoms with van der Waals surface area (Å²) in [5.41, 5.74) is 3.33. The van der Waals surface area contributed by atoms with Crippen molar-refractivity contribution in [3.8, 4) is 11.3 Å². The molecule has 0 saturated heterocycles. The zero-order valence-electron chi connectivity index (χ0n) is 11.9. The highest BCUT2D eigenvalue weighted by molar-refractivity contribution is 6.30. The fraction of sp³-hybridized carbons (Fsp3) is 0.125. The fourth-order valence-corrected chi connectivity index (χ4v) is 2.49. The standard InChI is InChI=1S/C16H14ClN3O2/c1-18-16(22)11-4-7-14-19-15(13(9-21)20(14)8-11)10-2-5-12(17)6-3-10/h2-8,21H,9H2,1H3,(H,18,22). The first-order chi connectivity index (χ1) is 10.6. The number of halogens is 1. The Bertz CT molecular complexity index is 840. The fourth-order valence-electron chi connectivity index (χ4n) is 2.36. The van der Waals surface area contributed by atoms with Crippen molar-refractivity contribution in [2.24, 2.45) is 0 Å². The second-order valence-corrected chi connectivity index (χ2v) is 5.23. The van der Waals surface area contributed by atoms with E-state index in [4.69, 9.17) is 11.6 Å². The van der Waals surface area contributed by atoms with Gasteiger partial charge >= 0.3 is 0 Å². The first-order valence-corrected chi connectivity index (χ1v) is 7.11. The third-order valence-electron chi connectivity index (χ3n) is 3.47. The highest BCUT2D eigenvalue weighted by Crippen LogP contribution is 2.26. The van der Waals surface area contributed by atoms with Crippen LogP contribution in [0.5, 0.6) is 0 Å². The number of imidazole rings is 1. The Labute approximate surface area is 132 Å². The molecule has 5 nitrogen and oxygen atoms in total. The number of aliphatic hydroxyl groups excluding tert-OH is 1. The Kier molecular flexibility index (Phi) is 3.83. The van der Waals surface area contributed by atoms with Gasteiger partial charge in [0.2, 0.25) is 0 Å². The second-order valence-electron chi connectivity index (χ2n) is 4.80. The lowest BCUT2D eigenvalue weighted by Gasteiger charge is -2.04. The second kappa shape index (κ2) is 5.79. The van der Waals surface area contributed by atoms with Gasteiger partial charge in [-0.2, -0.15) is 0 Å². The summed E-state index contributed by atoms with van der Waals surface area (Å²) in [6, 6.07) is 10.7. The molecule has 0 saturated carbocycles. The average Bonchev–Trinajstić information content (AvgIpc) is 2.92. The van der Waals surface area contributed by atoms with Crippen LogP contribution in [0.2, 0.25) is 5.02 Å². The molecule has 2 N–H and O–H groups in total. The zero-order valence-corrected chi connectivity index (χ0v) is 12.6. The molecule has 3 rings (SSSR count). The van der Waals surface area contributed by atoms with E-state index in [0.717, 1.165) is 5.56 Å². The Balaban J connectivity index is 2.19. The maximum Gasteiger partial charge on any atom is 0.252 e. The van der Waals surface area contributed by atoms with Gasteiger partial charge < -0.3 is 14.8 Å². The van der Waals surface area contributed by atoms with E-state index in [1.54, 1.807) is 41.9 Å². The van der Waals surface area contributed by atoms with Crippen LogP contribution in [0.25, 0.3) is 16.9 Å². The van der Waals surface area contributed by atoms with Gasteiger partial charge in [0.05, 0.1) is 23.6 Å². The van der Waals surface area contributed by atoms with E-state index in [9.17, 15) is 9.90 Å². The molecule has 0 unspecified atom stereocenters. The monoisotopic (exact) mass is 315 g/mol. The number of rotatable bonds is 3. The molecule has 0 atom stereocenters. The quantitative estimate of drug-likeness (QED) is 0.780. The van der Waals surface area contributed by atoms with E-state index in [2.05, 4.69) is 10.3 Å². The smallest absolute Gasteiger partial charge is 0.252 e. The Morgan fingerprint density at radius 1 is 1.27 bits per heavy atom. The summed E-state index contributed by atoms with van der Waals surface area (Å²) in [7, 11) is 1.58. The third-order valence-corrected chi connectivity index (χ3v) is 3.73. The van der Waals surface area contributed by atoms with Crippen LogP contribution in [-0.4, -0.2) is 27.4 Å². The minimum atomic E-state index is -0.187. The number of aromatic nitrogens is 2. The molecule has 22 heavy (non-hydrogen) atoms. The molecule has 2 heterocycles. The highest BCUT2D eigenvalue weighted by atomic mass is 35.5. The normalized spacial score (nSPS) is 10.9. The summed E-state index contributed by atoms with van der Waals surface area (Å²) in [5, 5.41) is 12.9. The summed E-state index contributed by atoms with van der Waals surface area (Å²) in [6.07, 6.45) is 1.67. The van der Waals surface area contributed by atoms with Gasteiger partial charge in [-0.25, -0.2) is 4.98 Å². The summed E-state index contributed by atoms with van der Waals surface area (Å²) < 4.78 is 1.73. The molecule has 0 aliphatic heterocycles. The van der Waals surface area contributed by atoms with Crippen LogP contribution < -0.4 is 5.32 Å². The number of pyridine rings is 1. The van der Waals surface area contributed by atoms with E-state index < -0.39 is 0 Å². The third kappa shape index (κ3) is 2.45. The molecule has 6 heteroatoms. The van der Waals surface area contributed by atoms with Gasteiger partial charge in [0.25, 0.3) is 5.91 Å². The first kappa shape index (κ1) is 14.6. The van der Waals surface area contributed by atoms with Crippen molar-refractivity contribution in [1.82, 2.24) is 14.7 Å². The van der Waals surface area contributed by atoms with Crippen molar-refractivity contribution in [3.63, 3.8) is 0 Å². The van der Waals surface area contributed by atoms with Crippen LogP contribution in [-0.2, 0) is 6.61 Å². The summed E-state index contributed by atoms with van der Waals surface area (Å²) in [6.45, 7) is -0.184. The predicted octanol–water partition coefficient (Wildman–Crippen LogP) is 2.51. The van der Waals surface area contributed by atoms with Crippen LogP contribution in [0.1, 0.15) is 16.1 Å². The minimum absolute atomic E-state index is 0.184. The maximum absolute atomic E-state index is 11.7. The number of amides is 1. The van der Waals surface area contributed by atoms with E-state index in [0.29, 0.717) is 27.6 Å². The number of benzene rings is 1. The van der Waals surface area contributed by atoms with Gasteiger partial charge in [0.15, 0.2) is 0 Å². The van der Waals surface area contributed by atoms with Gasteiger partial charge in [0, 0.05) is 23.8 Å². The maximum atomic E-state index is 11.7. The van der Waals surface area contributed by atoms with Crippen LogP contribution in [0.3, 0.4) is 0 Å². The molecule has 1 amide bonds. The Morgan fingerprint density at radius 2 is 2.00 bits per heavy atom. The van der Waals surface area contributed by atoms with Gasteiger partial charge in [-0.15, -0.1) is 0 Å². The van der Waals surface area contributed by atoms with Crippen molar-refractivity contribution in [2.45, 2.75) is 6.61 Å². The largest absolute Gasteiger partial charge is 0.390 e. The van der Waals surface area contributed by atoms with Gasteiger partial charge in [-0.05, 0) is 24.3 Å². The molecule has 3 aromatic rings. The molecule has 1 aromatic carbocycles. The molecule has 0 spiro atoms. The first-order valence-electron chi connectivity index (χ1n) is 6.74. The molecular weight excluding hydrogens is 302 g/mol. The summed E-state index contributed by atoms with van der Waals surface area (Å²) in [4.78, 5) is 16.3. The summed E-state index contributed by atoms with van der Waals surface area (Å²) in [5.74, 6) is -0.187. The predicted molar refractivity (Wildman–Crippen MR) is 85.0 cm³/mol. The number of hydrogen-bond donors (Lipinski definition) is 2. The van der Waals surface area contributed by atoms with Crippen molar-refractivity contribution < 1.29 is 9.90 Å². The lowest BCUT2D eigenvalue weighted by Crippen LogP contribution is -2.18. The molecule has 2 aromatic heterocycles. The molecule has 0 radical (unpaired) electrons. The Hall–Kier alpha value is -2.37. The number of nitrogens with one attached hydrogen (secondary N) is 1. The minimum Gasteiger partial charge on any atom is -0.390 e. The molecule has 0 aliphatic rings. The van der Waals surface area contributed by atoms with Crippen molar-refractivity contribution in [3.05, 3.63) is 58.9 Å². The van der Waals surface area contributed by atoms with Gasteiger partial charge in [0.1, 0.15) is 5.65 Å². The summed E-state index contributed by atoms with van der Waals surface area (Å²) >= 11 is 5.90. The van der Waals surface area contributed by atoms with E-state index in [1.165, 1.54) is 0 Å². The zero-order chi connectivity index (χ0) is 15.7. The number of carbonyl (C=O) groups excluding carboxylic acids is 1. The van der Waals surface area contributed by atoms with E-state index in [-0.39, 0.29) is 12.5 Å². The van der Waals surface area contributed by atoms with E-state index in [1.807, 2.05) is 12.1 Å². The van der Waals surface area contributed by atoms with Crippen LogP contribution >= 0.6 is 11.6 Å². The van der Waals surface area contributed by atoms with Crippen molar-refractivity contribution in [2.75, 3.05) is 7.05 Å². The Morgan fingerprint density at radius 3 is 2.64 bits per heavy atom. The highest BCUT2D eigenvalue weighted by Gasteiger charge is 2.15. The topological polar surface area (TPSA) is 66.6 Å². The number of fused-ring (bicyclic) bond motifs is 1. The molecule has 112 valence electrons. The SMILES string of the molecule is CNC(=O)c1ccc2nc(-c3ccc(Cl)cc3)c(CO)n2c1. The average molecular weight is 316 g/mol. The van der Waals surface area contributed by atoms with Crippen molar-refractivity contribution >= 4 is 23.2 Å². The molecule has 0 fully saturated rings. The lowest BCUT2D eigenvalue weighted by atomic mass is 10.1. The van der Waals surface area contributed by atoms with Gasteiger partial charge in [-0.3, -0.25) is 4.79 Å². The van der Waals surface area contributed by atoms with Gasteiger partial charge in [-0.1, -0.05) is 23.7 Å². The number of carbonyl (C=O) groups is 1. The number of hydrogen-bond acceptors (Lipinski definition) is 3. The van der Waals surface area contributed by atoms with Crippen LogP contribution in [0.15, 0.2) is 42.6 Å². The molecule has 0 aliphatic carbocycles.